The van der Waals surface area contributed by atoms with Gasteiger partial charge < -0.3 is 33.8 Å². The van der Waals surface area contributed by atoms with E-state index in [2.05, 4.69) is 41.5 Å². The van der Waals surface area contributed by atoms with Gasteiger partial charge in [0.25, 0.3) is 0 Å². The lowest BCUT2D eigenvalue weighted by Crippen LogP contribution is -2.30. The van der Waals surface area contributed by atoms with Crippen LogP contribution in [0.2, 0.25) is 0 Å². The van der Waals surface area contributed by atoms with E-state index in [0.717, 1.165) is 102 Å². The van der Waals surface area contributed by atoms with Gasteiger partial charge in [-0.05, 0) is 37.5 Å². The van der Waals surface area contributed by atoms with Crippen molar-refractivity contribution in [2.75, 3.05) is 39.6 Å². The Bertz CT molecular complexity index is 2120. The number of rotatable bonds is 91. The maximum absolute atomic E-state index is 13.2. The van der Waals surface area contributed by atoms with Crippen molar-refractivity contribution in [3.8, 4) is 0 Å². The van der Waals surface area contributed by atoms with Gasteiger partial charge in [-0.25, -0.2) is 9.13 Å². The summed E-state index contributed by atoms with van der Waals surface area (Å²) in [6, 6.07) is 0. The molecule has 0 fully saturated rings. The molecule has 0 spiro atoms. The summed E-state index contributed by atoms with van der Waals surface area (Å²) in [5.74, 6) is -0.472. The van der Waals surface area contributed by atoms with Crippen molar-refractivity contribution in [2.45, 2.75) is 516 Å². The van der Waals surface area contributed by atoms with Crippen molar-refractivity contribution in [2.24, 2.45) is 11.8 Å². The number of hydrogen-bond donors (Lipinski definition) is 3. The second kappa shape index (κ2) is 83.1. The molecule has 0 aromatic heterocycles. The standard InChI is InChI=1S/C92H180O17P2/c1-7-11-13-15-17-19-21-23-25-27-29-31-33-35-37-42-46-50-58-64-70-76-91(96)108-87(80-102-89(94)74-68-62-56-49-45-41-36-34-32-30-28-26-24-22-20-18-16-14-12-8-2)82-106-110(98,99)104-78-86(93)79-105-111(100,101)107-83-88(81-103-90(95)75-69-63-57-53-52-55-61-67-73-85(6)10-4)109-92(97)77-71-65-59-51-47-43-39-38-40-44-48-54-60-66-72-84(5)9-3/h84-88,93H,7-83H2,1-6H3,(H,98,99)(H,100,101)/t84?,85?,86-,87-,88-/m1/s1. The molecule has 0 bridgehead atoms. The summed E-state index contributed by atoms with van der Waals surface area (Å²) in [5.41, 5.74) is 0. The highest BCUT2D eigenvalue weighted by atomic mass is 31.2. The minimum absolute atomic E-state index is 0.108. The van der Waals surface area contributed by atoms with Crippen LogP contribution in [0, 0.1) is 11.8 Å². The van der Waals surface area contributed by atoms with Gasteiger partial charge >= 0.3 is 39.5 Å². The van der Waals surface area contributed by atoms with Gasteiger partial charge in [0.15, 0.2) is 12.2 Å². The number of ether oxygens (including phenoxy) is 4. The number of phosphoric acid groups is 2. The molecule has 19 heteroatoms. The van der Waals surface area contributed by atoms with Crippen LogP contribution in [0.3, 0.4) is 0 Å². The summed E-state index contributed by atoms with van der Waals surface area (Å²) in [6.07, 6.45) is 77.8. The van der Waals surface area contributed by atoms with Crippen LogP contribution in [-0.4, -0.2) is 96.7 Å². The number of esters is 4. The Morgan fingerprint density at radius 2 is 0.432 bits per heavy atom. The predicted octanol–water partition coefficient (Wildman–Crippen LogP) is 28.6. The van der Waals surface area contributed by atoms with E-state index in [9.17, 15) is 43.2 Å². The van der Waals surface area contributed by atoms with Crippen LogP contribution < -0.4 is 0 Å². The Balaban J connectivity index is 5.25. The zero-order chi connectivity index (χ0) is 81.3. The Morgan fingerprint density at radius 3 is 0.640 bits per heavy atom. The Hall–Kier alpha value is -1.94. The van der Waals surface area contributed by atoms with Gasteiger partial charge in [0.2, 0.25) is 0 Å². The first-order valence-corrected chi connectivity index (χ1v) is 50.6. The summed E-state index contributed by atoms with van der Waals surface area (Å²) < 4.78 is 69.1. The zero-order valence-electron chi connectivity index (χ0n) is 73.3. The number of unbranched alkanes of at least 4 members (excludes halogenated alkanes) is 59. The molecule has 17 nitrogen and oxygen atoms in total. The van der Waals surface area contributed by atoms with Crippen molar-refractivity contribution in [3.05, 3.63) is 0 Å². The molecule has 4 unspecified atom stereocenters. The van der Waals surface area contributed by atoms with Crippen LogP contribution in [0.1, 0.15) is 497 Å². The second-order valence-electron chi connectivity index (χ2n) is 33.5. The van der Waals surface area contributed by atoms with E-state index in [-0.39, 0.29) is 25.7 Å². The third-order valence-electron chi connectivity index (χ3n) is 22.4. The number of carbonyl (C=O) groups excluding carboxylic acids is 4. The van der Waals surface area contributed by atoms with Crippen molar-refractivity contribution < 1.29 is 80.2 Å². The molecule has 0 aliphatic heterocycles. The first-order valence-electron chi connectivity index (χ1n) is 47.6. The zero-order valence-corrected chi connectivity index (χ0v) is 75.1. The van der Waals surface area contributed by atoms with E-state index in [0.29, 0.717) is 25.7 Å². The Kier molecular flexibility index (Phi) is 81.7. The highest BCUT2D eigenvalue weighted by molar-refractivity contribution is 7.47. The van der Waals surface area contributed by atoms with Gasteiger partial charge in [-0.15, -0.1) is 0 Å². The summed E-state index contributed by atoms with van der Waals surface area (Å²) in [7, 11) is -9.94. The summed E-state index contributed by atoms with van der Waals surface area (Å²) >= 11 is 0. The molecule has 7 atom stereocenters. The average Bonchev–Trinajstić information content (AvgIpc) is 0.899. The molecule has 0 aliphatic rings. The van der Waals surface area contributed by atoms with Crippen molar-refractivity contribution >= 4 is 39.5 Å². The number of hydrogen-bond acceptors (Lipinski definition) is 15. The molecule has 3 N–H and O–H groups in total. The summed E-state index contributed by atoms with van der Waals surface area (Å²) in [6.45, 7) is 9.76. The molecular weight excluding hydrogens is 1440 g/mol. The van der Waals surface area contributed by atoms with Crippen LogP contribution in [0.4, 0.5) is 0 Å². The molecular formula is C92H180O17P2. The van der Waals surface area contributed by atoms with Crippen molar-refractivity contribution in [3.63, 3.8) is 0 Å². The normalized spacial score (nSPS) is 14.2. The van der Waals surface area contributed by atoms with E-state index in [1.807, 2.05) is 0 Å². The lowest BCUT2D eigenvalue weighted by Gasteiger charge is -2.21. The molecule has 0 aromatic carbocycles. The SMILES string of the molecule is CCCCCCCCCCCCCCCCCCCCCCCC(=O)O[C@H](COC(=O)CCCCCCCCCCCCCCCCCCCCCC)COP(=O)(O)OC[C@@H](O)COP(=O)(O)OC[C@@H](COC(=O)CCCCCCCCCCC(C)CC)OC(=O)CCCCCCCCCCCCCCCCC(C)CC. The minimum atomic E-state index is -4.97. The monoisotopic (exact) mass is 1620 g/mol. The van der Waals surface area contributed by atoms with Crippen LogP contribution in [0.5, 0.6) is 0 Å². The van der Waals surface area contributed by atoms with Gasteiger partial charge in [0.05, 0.1) is 26.4 Å². The molecule has 660 valence electrons. The largest absolute Gasteiger partial charge is 0.472 e. The van der Waals surface area contributed by atoms with Gasteiger partial charge in [-0.1, -0.05) is 446 Å². The molecule has 0 saturated carbocycles. The fourth-order valence-corrected chi connectivity index (χ4v) is 16.0. The minimum Gasteiger partial charge on any atom is -0.462 e. The number of phosphoric ester groups is 2. The molecule has 0 aliphatic carbocycles. The van der Waals surface area contributed by atoms with Crippen LogP contribution in [-0.2, 0) is 65.4 Å². The lowest BCUT2D eigenvalue weighted by atomic mass is 9.99. The third-order valence-corrected chi connectivity index (χ3v) is 24.3. The second-order valence-corrected chi connectivity index (χ2v) is 36.4. The summed E-state index contributed by atoms with van der Waals surface area (Å²) in [5, 5.41) is 10.7. The Labute approximate surface area is 683 Å². The van der Waals surface area contributed by atoms with Gasteiger partial charge in [-0.3, -0.25) is 37.3 Å². The van der Waals surface area contributed by atoms with Crippen LogP contribution in [0.25, 0.3) is 0 Å². The molecule has 0 amide bonds. The molecule has 111 heavy (non-hydrogen) atoms. The molecule has 0 radical (unpaired) electrons. The highest BCUT2D eigenvalue weighted by Gasteiger charge is 2.31. The fourth-order valence-electron chi connectivity index (χ4n) is 14.4. The third kappa shape index (κ3) is 82.9. The number of carbonyl (C=O) groups is 4. The van der Waals surface area contributed by atoms with Crippen LogP contribution in [0.15, 0.2) is 0 Å². The average molecular weight is 1620 g/mol. The maximum atomic E-state index is 13.2. The fraction of sp³-hybridized carbons (Fsp3) is 0.957. The highest BCUT2D eigenvalue weighted by Crippen LogP contribution is 2.45. The summed E-state index contributed by atoms with van der Waals surface area (Å²) in [4.78, 5) is 73.5. The van der Waals surface area contributed by atoms with E-state index >= 15 is 0 Å². The molecule has 0 rings (SSSR count). The van der Waals surface area contributed by atoms with E-state index in [1.165, 1.54) is 315 Å². The van der Waals surface area contributed by atoms with E-state index < -0.39 is 97.5 Å². The molecule has 0 aromatic rings. The quantitative estimate of drug-likeness (QED) is 0.0222. The number of aliphatic hydroxyl groups is 1. The van der Waals surface area contributed by atoms with Gasteiger partial charge in [0.1, 0.15) is 19.3 Å². The van der Waals surface area contributed by atoms with Crippen molar-refractivity contribution in [1.29, 1.82) is 0 Å². The first-order chi connectivity index (χ1) is 53.9. The predicted molar refractivity (Wildman–Crippen MR) is 460 cm³/mol. The lowest BCUT2D eigenvalue weighted by molar-refractivity contribution is -0.161. The number of aliphatic hydroxyl groups excluding tert-OH is 1. The molecule has 0 saturated heterocycles. The Morgan fingerprint density at radius 1 is 0.252 bits per heavy atom. The van der Waals surface area contributed by atoms with Gasteiger partial charge in [-0.2, -0.15) is 0 Å². The maximum Gasteiger partial charge on any atom is 0.472 e. The smallest absolute Gasteiger partial charge is 0.462 e. The van der Waals surface area contributed by atoms with E-state index in [4.69, 9.17) is 37.0 Å². The first kappa shape index (κ1) is 109. The molecule has 0 heterocycles. The van der Waals surface area contributed by atoms with Crippen molar-refractivity contribution in [1.82, 2.24) is 0 Å². The van der Waals surface area contributed by atoms with E-state index in [1.54, 1.807) is 0 Å². The van der Waals surface area contributed by atoms with Gasteiger partial charge in [0, 0.05) is 25.7 Å². The van der Waals surface area contributed by atoms with Crippen LogP contribution >= 0.6 is 15.6 Å². The topological polar surface area (TPSA) is 237 Å².